The molecule has 7 heteroatoms. The molecule has 1 atom stereocenters. The zero-order chi connectivity index (χ0) is 14.2. The van der Waals surface area contributed by atoms with E-state index in [1.54, 1.807) is 11.3 Å². The lowest BCUT2D eigenvalue weighted by Gasteiger charge is -2.15. The number of rotatable bonds is 3. The van der Waals surface area contributed by atoms with Crippen molar-refractivity contribution in [2.45, 2.75) is 19.9 Å². The molecule has 6 nitrogen and oxygen atoms in total. The molecule has 0 amide bonds. The van der Waals surface area contributed by atoms with Crippen molar-refractivity contribution >= 4 is 22.8 Å². The summed E-state index contributed by atoms with van der Waals surface area (Å²) in [6.07, 6.45) is 0. The third kappa shape index (κ3) is 2.55. The highest BCUT2D eigenvalue weighted by Gasteiger charge is 2.14. The number of thiophene rings is 1. The largest absolute Gasteiger partial charge is 0.383 e. The quantitative estimate of drug-likeness (QED) is 0.787. The number of nitrogens with two attached hydrogens (primary N) is 1. The number of anilines is 2. The number of hydrogen-bond acceptors (Lipinski definition) is 5. The van der Waals surface area contributed by atoms with Crippen LogP contribution in [0.15, 0.2) is 21.7 Å². The monoisotopic (exact) mass is 280 g/mol. The van der Waals surface area contributed by atoms with Gasteiger partial charge in [0.1, 0.15) is 11.5 Å². The van der Waals surface area contributed by atoms with E-state index in [2.05, 4.69) is 10.3 Å². The molecule has 0 bridgehead atoms. The molecule has 0 radical (unpaired) electrons. The molecule has 2 aromatic rings. The van der Waals surface area contributed by atoms with Gasteiger partial charge in [0, 0.05) is 16.8 Å². The number of H-pyrrole nitrogens is 1. The standard InChI is InChI=1S/C12H16N4O2S/c1-6-4-5-8(19-6)7(2)14-9-10(13)16(3)12(18)15-11(9)17/h4-5,7,14H,13H2,1-3H3,(H,15,17,18). The lowest BCUT2D eigenvalue weighted by molar-refractivity contribution is 0.803. The smallest absolute Gasteiger partial charge is 0.329 e. The Morgan fingerprint density at radius 1 is 1.42 bits per heavy atom. The summed E-state index contributed by atoms with van der Waals surface area (Å²) in [5.41, 5.74) is 5.00. The summed E-state index contributed by atoms with van der Waals surface area (Å²) in [6.45, 7) is 3.96. The first kappa shape index (κ1) is 13.4. The maximum absolute atomic E-state index is 11.8. The van der Waals surface area contributed by atoms with Crippen LogP contribution in [0.25, 0.3) is 0 Å². The van der Waals surface area contributed by atoms with E-state index in [-0.39, 0.29) is 17.5 Å². The van der Waals surface area contributed by atoms with Gasteiger partial charge in [-0.15, -0.1) is 11.3 Å². The van der Waals surface area contributed by atoms with Gasteiger partial charge >= 0.3 is 5.69 Å². The molecular formula is C12H16N4O2S. The number of aromatic nitrogens is 2. The first-order valence-electron chi connectivity index (χ1n) is 5.81. The Morgan fingerprint density at radius 2 is 2.11 bits per heavy atom. The molecule has 0 aromatic carbocycles. The highest BCUT2D eigenvalue weighted by atomic mass is 32.1. The van der Waals surface area contributed by atoms with Crippen LogP contribution in [0.2, 0.25) is 0 Å². The highest BCUT2D eigenvalue weighted by molar-refractivity contribution is 7.12. The highest BCUT2D eigenvalue weighted by Crippen LogP contribution is 2.25. The third-order valence-corrected chi connectivity index (χ3v) is 4.10. The van der Waals surface area contributed by atoms with Crippen molar-refractivity contribution in [3.05, 3.63) is 42.7 Å². The molecule has 0 aliphatic heterocycles. The van der Waals surface area contributed by atoms with Crippen LogP contribution in [0.4, 0.5) is 11.5 Å². The normalized spacial score (nSPS) is 12.4. The van der Waals surface area contributed by atoms with Crippen molar-refractivity contribution in [2.24, 2.45) is 7.05 Å². The number of hydrogen-bond donors (Lipinski definition) is 3. The van der Waals surface area contributed by atoms with E-state index in [0.29, 0.717) is 0 Å². The maximum Gasteiger partial charge on any atom is 0.329 e. The topological polar surface area (TPSA) is 92.9 Å². The fraction of sp³-hybridized carbons (Fsp3) is 0.333. The van der Waals surface area contributed by atoms with E-state index < -0.39 is 11.2 Å². The van der Waals surface area contributed by atoms with Gasteiger partial charge in [0.2, 0.25) is 0 Å². The SMILES string of the molecule is Cc1ccc(C(C)Nc2c(N)n(C)c(=O)[nH]c2=O)s1. The molecule has 0 aliphatic carbocycles. The number of aryl methyl sites for hydroxylation is 1. The van der Waals surface area contributed by atoms with Crippen LogP contribution in [0.3, 0.4) is 0 Å². The molecule has 2 heterocycles. The Balaban J connectivity index is 2.37. The van der Waals surface area contributed by atoms with Crippen LogP contribution in [0, 0.1) is 6.92 Å². The lowest BCUT2D eigenvalue weighted by Crippen LogP contribution is -2.32. The average molecular weight is 280 g/mol. The van der Waals surface area contributed by atoms with Crippen LogP contribution in [-0.2, 0) is 7.05 Å². The molecule has 2 aromatic heterocycles. The zero-order valence-corrected chi connectivity index (χ0v) is 11.8. The molecule has 0 saturated carbocycles. The first-order chi connectivity index (χ1) is 8.90. The van der Waals surface area contributed by atoms with E-state index in [1.807, 2.05) is 26.0 Å². The molecule has 19 heavy (non-hydrogen) atoms. The summed E-state index contributed by atoms with van der Waals surface area (Å²) in [5, 5.41) is 3.06. The third-order valence-electron chi connectivity index (χ3n) is 2.92. The molecule has 0 spiro atoms. The Labute approximate surface area is 113 Å². The molecule has 4 N–H and O–H groups in total. The predicted molar refractivity (Wildman–Crippen MR) is 77.8 cm³/mol. The Kier molecular flexibility index (Phi) is 3.48. The van der Waals surface area contributed by atoms with Crippen LogP contribution in [-0.4, -0.2) is 9.55 Å². The molecule has 0 saturated heterocycles. The molecular weight excluding hydrogens is 264 g/mol. The summed E-state index contributed by atoms with van der Waals surface area (Å²) in [7, 11) is 1.51. The van der Waals surface area contributed by atoms with Crippen molar-refractivity contribution in [1.82, 2.24) is 9.55 Å². The second-order valence-electron chi connectivity index (χ2n) is 4.39. The van der Waals surface area contributed by atoms with Crippen molar-refractivity contribution < 1.29 is 0 Å². The Morgan fingerprint density at radius 3 is 2.68 bits per heavy atom. The van der Waals surface area contributed by atoms with E-state index in [0.717, 1.165) is 4.88 Å². The van der Waals surface area contributed by atoms with Gasteiger partial charge in [-0.1, -0.05) is 0 Å². The van der Waals surface area contributed by atoms with E-state index in [4.69, 9.17) is 5.73 Å². The summed E-state index contributed by atoms with van der Waals surface area (Å²) >= 11 is 1.65. The van der Waals surface area contributed by atoms with Crippen molar-refractivity contribution in [3.8, 4) is 0 Å². The molecule has 102 valence electrons. The van der Waals surface area contributed by atoms with E-state index in [9.17, 15) is 9.59 Å². The maximum atomic E-state index is 11.8. The summed E-state index contributed by atoms with van der Waals surface area (Å²) in [4.78, 5) is 27.7. The van der Waals surface area contributed by atoms with Crippen molar-refractivity contribution in [3.63, 3.8) is 0 Å². The summed E-state index contributed by atoms with van der Waals surface area (Å²) < 4.78 is 1.20. The average Bonchev–Trinajstić information content (AvgIpc) is 2.78. The summed E-state index contributed by atoms with van der Waals surface area (Å²) in [6, 6.07) is 3.97. The molecule has 0 aliphatic rings. The van der Waals surface area contributed by atoms with Crippen LogP contribution in [0.1, 0.15) is 22.7 Å². The first-order valence-corrected chi connectivity index (χ1v) is 6.63. The molecule has 1 unspecified atom stereocenters. The lowest BCUT2D eigenvalue weighted by atomic mass is 10.2. The molecule has 0 fully saturated rings. The van der Waals surface area contributed by atoms with Gasteiger partial charge in [0.05, 0.1) is 6.04 Å². The van der Waals surface area contributed by atoms with Crippen LogP contribution >= 0.6 is 11.3 Å². The van der Waals surface area contributed by atoms with Crippen LogP contribution in [0.5, 0.6) is 0 Å². The minimum absolute atomic E-state index is 0.0559. The fourth-order valence-corrected chi connectivity index (χ4v) is 2.63. The van der Waals surface area contributed by atoms with Gasteiger partial charge in [-0.05, 0) is 26.0 Å². The van der Waals surface area contributed by atoms with Gasteiger partial charge in [-0.25, -0.2) is 4.79 Å². The number of nitrogens with zero attached hydrogens (tertiary/aromatic N) is 1. The van der Waals surface area contributed by atoms with Gasteiger partial charge in [0.15, 0.2) is 0 Å². The van der Waals surface area contributed by atoms with E-state index >= 15 is 0 Å². The van der Waals surface area contributed by atoms with Gasteiger partial charge in [-0.3, -0.25) is 14.3 Å². The van der Waals surface area contributed by atoms with Crippen molar-refractivity contribution in [2.75, 3.05) is 11.1 Å². The predicted octanol–water partition coefficient (Wildman–Crippen LogP) is 1.20. The Bertz CT molecular complexity index is 713. The minimum Gasteiger partial charge on any atom is -0.383 e. The van der Waals surface area contributed by atoms with Gasteiger partial charge < -0.3 is 11.1 Å². The van der Waals surface area contributed by atoms with Crippen LogP contribution < -0.4 is 22.3 Å². The zero-order valence-electron chi connectivity index (χ0n) is 11.0. The second-order valence-corrected chi connectivity index (χ2v) is 5.71. The van der Waals surface area contributed by atoms with E-state index in [1.165, 1.54) is 16.5 Å². The van der Waals surface area contributed by atoms with Gasteiger partial charge in [0.25, 0.3) is 5.56 Å². The fourth-order valence-electron chi connectivity index (χ4n) is 1.75. The van der Waals surface area contributed by atoms with Crippen molar-refractivity contribution in [1.29, 1.82) is 0 Å². The number of nitrogens with one attached hydrogen (secondary N) is 2. The number of aromatic amines is 1. The number of nitrogen functional groups attached to an aromatic ring is 1. The second kappa shape index (κ2) is 4.93. The minimum atomic E-state index is -0.521. The molecule has 2 rings (SSSR count). The summed E-state index contributed by atoms with van der Waals surface area (Å²) in [5.74, 6) is 0.133. The van der Waals surface area contributed by atoms with Gasteiger partial charge in [-0.2, -0.15) is 0 Å². The Hall–Kier alpha value is -2.02.